The van der Waals surface area contributed by atoms with Crippen molar-refractivity contribution >= 4 is 21.8 Å². The van der Waals surface area contributed by atoms with Crippen molar-refractivity contribution in [3.05, 3.63) is 18.2 Å². The number of aryl methyl sites for hydroxylation is 1. The van der Waals surface area contributed by atoms with Crippen molar-refractivity contribution in [3.8, 4) is 0 Å². The zero-order valence-corrected chi connectivity index (χ0v) is 10.6. The Morgan fingerprint density at radius 3 is 3.00 bits per heavy atom. The average Bonchev–Trinajstić information content (AvgIpc) is 2.63. The van der Waals surface area contributed by atoms with Crippen LogP contribution in [-0.4, -0.2) is 26.8 Å². The van der Waals surface area contributed by atoms with Crippen molar-refractivity contribution in [3.63, 3.8) is 0 Å². The van der Waals surface area contributed by atoms with Gasteiger partial charge in [0.2, 0.25) is 5.91 Å². The predicted molar refractivity (Wildman–Crippen MR) is 62.9 cm³/mol. The lowest BCUT2D eigenvalue weighted by Gasteiger charge is -2.08. The molecule has 1 heterocycles. The monoisotopic (exact) mass is 273 g/mol. The van der Waals surface area contributed by atoms with Gasteiger partial charge in [-0.05, 0) is 6.42 Å². The summed E-state index contributed by atoms with van der Waals surface area (Å²) in [5, 5.41) is 2.86. The quantitative estimate of drug-likeness (QED) is 0.821. The molecule has 0 spiro atoms. The van der Waals surface area contributed by atoms with Crippen molar-refractivity contribution in [2.24, 2.45) is 7.05 Å². The van der Waals surface area contributed by atoms with E-state index in [1.807, 2.05) is 24.7 Å². The lowest BCUT2D eigenvalue weighted by atomic mass is 10.3. The number of halogens is 1. The number of hydrogen-bond donors (Lipinski definition) is 1. The van der Waals surface area contributed by atoms with Crippen molar-refractivity contribution in [2.45, 2.75) is 24.6 Å². The van der Waals surface area contributed by atoms with E-state index in [-0.39, 0.29) is 10.7 Å². The lowest BCUT2D eigenvalue weighted by Crippen LogP contribution is -2.32. The lowest BCUT2D eigenvalue weighted by molar-refractivity contribution is -0.120. The van der Waals surface area contributed by atoms with E-state index < -0.39 is 0 Å². The van der Waals surface area contributed by atoms with Gasteiger partial charge < -0.3 is 9.88 Å². The van der Waals surface area contributed by atoms with E-state index in [2.05, 4.69) is 26.2 Å². The Hall–Kier alpha value is -0.840. The summed E-state index contributed by atoms with van der Waals surface area (Å²) in [6, 6.07) is 0. The Morgan fingerprint density at radius 1 is 1.73 bits per heavy atom. The molecule has 0 aliphatic carbocycles. The molecule has 1 unspecified atom stereocenters. The number of carbonyl (C=O) groups is 1. The summed E-state index contributed by atoms with van der Waals surface area (Å²) in [5.74, 6) is 1.03. The fourth-order valence-corrected chi connectivity index (χ4v) is 1.39. The first-order chi connectivity index (χ1) is 7.15. The largest absolute Gasteiger partial charge is 0.355 e. The van der Waals surface area contributed by atoms with E-state index in [4.69, 9.17) is 0 Å². The number of alkyl halides is 1. The number of amides is 1. The highest BCUT2D eigenvalue weighted by Gasteiger charge is 2.11. The van der Waals surface area contributed by atoms with Gasteiger partial charge >= 0.3 is 0 Å². The molecular weight excluding hydrogens is 258 g/mol. The maximum absolute atomic E-state index is 11.4. The molecule has 0 radical (unpaired) electrons. The van der Waals surface area contributed by atoms with Gasteiger partial charge in [0, 0.05) is 32.4 Å². The van der Waals surface area contributed by atoms with Crippen LogP contribution in [0.5, 0.6) is 0 Å². The molecule has 0 saturated heterocycles. The molecule has 1 amide bonds. The summed E-state index contributed by atoms with van der Waals surface area (Å²) in [6.45, 7) is 2.60. The Bertz CT molecular complexity index is 324. The van der Waals surface area contributed by atoms with Gasteiger partial charge in [-0.2, -0.15) is 0 Å². The van der Waals surface area contributed by atoms with E-state index in [1.54, 1.807) is 6.20 Å². The SMILES string of the molecule is CCC(Br)C(=O)NCCc1nccn1C. The number of aromatic nitrogens is 2. The minimum absolute atomic E-state index is 0.0479. The highest BCUT2D eigenvalue weighted by Crippen LogP contribution is 2.03. The fraction of sp³-hybridized carbons (Fsp3) is 0.600. The Labute approximate surface area is 98.2 Å². The first kappa shape index (κ1) is 12.2. The van der Waals surface area contributed by atoms with Crippen LogP contribution in [0.1, 0.15) is 19.2 Å². The van der Waals surface area contributed by atoms with Gasteiger partial charge in [-0.3, -0.25) is 4.79 Å². The standard InChI is InChI=1S/C10H16BrN3O/c1-3-8(11)10(15)13-5-4-9-12-6-7-14(9)2/h6-8H,3-5H2,1-2H3,(H,13,15). The molecule has 1 aromatic heterocycles. The van der Waals surface area contributed by atoms with Crippen LogP contribution >= 0.6 is 15.9 Å². The van der Waals surface area contributed by atoms with Gasteiger partial charge in [0.05, 0.1) is 4.83 Å². The second kappa shape index (κ2) is 5.90. The van der Waals surface area contributed by atoms with Crippen molar-refractivity contribution in [1.29, 1.82) is 0 Å². The molecule has 4 nitrogen and oxygen atoms in total. The third-order valence-corrected chi connectivity index (χ3v) is 3.28. The van der Waals surface area contributed by atoms with E-state index in [1.165, 1.54) is 0 Å². The van der Waals surface area contributed by atoms with E-state index in [0.29, 0.717) is 6.54 Å². The second-order valence-corrected chi connectivity index (χ2v) is 4.48. The predicted octanol–water partition coefficient (Wildman–Crippen LogP) is 1.25. The third-order valence-electron chi connectivity index (χ3n) is 2.21. The maximum Gasteiger partial charge on any atom is 0.233 e. The minimum Gasteiger partial charge on any atom is -0.355 e. The molecule has 1 rings (SSSR count). The topological polar surface area (TPSA) is 46.9 Å². The Balaban J connectivity index is 2.28. The number of carbonyl (C=O) groups excluding carboxylic acids is 1. The summed E-state index contributed by atoms with van der Waals surface area (Å²) < 4.78 is 1.96. The molecule has 1 atom stereocenters. The van der Waals surface area contributed by atoms with Gasteiger partial charge in [-0.15, -0.1) is 0 Å². The van der Waals surface area contributed by atoms with Crippen molar-refractivity contribution < 1.29 is 4.79 Å². The first-order valence-corrected chi connectivity index (χ1v) is 5.94. The average molecular weight is 274 g/mol. The van der Waals surface area contributed by atoms with Crippen LogP contribution in [0.15, 0.2) is 12.4 Å². The van der Waals surface area contributed by atoms with Crippen molar-refractivity contribution in [1.82, 2.24) is 14.9 Å². The van der Waals surface area contributed by atoms with E-state index in [0.717, 1.165) is 18.7 Å². The smallest absolute Gasteiger partial charge is 0.233 e. The number of imidazole rings is 1. The number of nitrogens with zero attached hydrogens (tertiary/aromatic N) is 2. The molecule has 0 aromatic carbocycles. The van der Waals surface area contributed by atoms with Crippen LogP contribution in [0.4, 0.5) is 0 Å². The zero-order valence-electron chi connectivity index (χ0n) is 9.03. The van der Waals surface area contributed by atoms with Gasteiger partial charge in [-0.25, -0.2) is 4.98 Å². The summed E-state index contributed by atoms with van der Waals surface area (Å²) in [4.78, 5) is 15.5. The molecule has 0 aliphatic rings. The molecule has 1 N–H and O–H groups in total. The second-order valence-electron chi connectivity index (χ2n) is 3.37. The fourth-order valence-electron chi connectivity index (χ4n) is 1.23. The molecule has 0 bridgehead atoms. The van der Waals surface area contributed by atoms with Crippen LogP contribution in [0.25, 0.3) is 0 Å². The first-order valence-electron chi connectivity index (χ1n) is 5.03. The molecule has 15 heavy (non-hydrogen) atoms. The van der Waals surface area contributed by atoms with Crippen molar-refractivity contribution in [2.75, 3.05) is 6.54 Å². The summed E-state index contributed by atoms with van der Waals surface area (Å²) in [5.41, 5.74) is 0. The molecule has 1 aromatic rings. The number of hydrogen-bond acceptors (Lipinski definition) is 2. The highest BCUT2D eigenvalue weighted by atomic mass is 79.9. The van der Waals surface area contributed by atoms with Gasteiger partial charge in [-0.1, -0.05) is 22.9 Å². The normalized spacial score (nSPS) is 12.5. The van der Waals surface area contributed by atoms with Gasteiger partial charge in [0.1, 0.15) is 5.82 Å². The zero-order chi connectivity index (χ0) is 11.3. The minimum atomic E-state index is -0.0844. The number of rotatable bonds is 5. The van der Waals surface area contributed by atoms with Crippen LogP contribution in [0.3, 0.4) is 0 Å². The molecular formula is C10H16BrN3O. The van der Waals surface area contributed by atoms with E-state index >= 15 is 0 Å². The van der Waals surface area contributed by atoms with E-state index in [9.17, 15) is 4.79 Å². The summed E-state index contributed by atoms with van der Waals surface area (Å²) >= 11 is 3.30. The summed E-state index contributed by atoms with van der Waals surface area (Å²) in [6.07, 6.45) is 5.22. The van der Waals surface area contributed by atoms with Gasteiger partial charge in [0.15, 0.2) is 0 Å². The number of nitrogens with one attached hydrogen (secondary N) is 1. The molecule has 0 saturated carbocycles. The van der Waals surface area contributed by atoms with Gasteiger partial charge in [0.25, 0.3) is 0 Å². The molecule has 0 aliphatic heterocycles. The Kier molecular flexibility index (Phi) is 4.81. The maximum atomic E-state index is 11.4. The highest BCUT2D eigenvalue weighted by molar-refractivity contribution is 9.10. The molecule has 5 heteroatoms. The van der Waals surface area contributed by atoms with Crippen LogP contribution in [0.2, 0.25) is 0 Å². The van der Waals surface area contributed by atoms with Crippen LogP contribution in [-0.2, 0) is 18.3 Å². The van der Waals surface area contributed by atoms with Crippen LogP contribution < -0.4 is 5.32 Å². The van der Waals surface area contributed by atoms with Crippen LogP contribution in [0, 0.1) is 0 Å². The molecule has 0 fully saturated rings. The summed E-state index contributed by atoms with van der Waals surface area (Å²) in [7, 11) is 1.95. The third kappa shape index (κ3) is 3.66. The molecule has 84 valence electrons. The Morgan fingerprint density at radius 2 is 2.47 bits per heavy atom.